The molecule has 1 aliphatic rings. The lowest BCUT2D eigenvalue weighted by atomic mass is 10.0. The van der Waals surface area contributed by atoms with Crippen LogP contribution in [-0.4, -0.2) is 41.3 Å². The number of carbonyl (C=O) groups is 1. The summed E-state index contributed by atoms with van der Waals surface area (Å²) in [6.45, 7) is 1.49. The lowest BCUT2D eigenvalue weighted by Gasteiger charge is -2.30. The molecular formula is C9H10F5NO4. The van der Waals surface area contributed by atoms with E-state index in [9.17, 15) is 31.9 Å². The molecule has 0 aromatic rings. The van der Waals surface area contributed by atoms with Crippen LogP contribution in [-0.2, 0) is 14.4 Å². The summed E-state index contributed by atoms with van der Waals surface area (Å²) in [5, 5.41) is 12.1. The fraction of sp³-hybridized carbons (Fsp3) is 0.778. The van der Waals surface area contributed by atoms with E-state index in [1.54, 1.807) is 0 Å². The van der Waals surface area contributed by atoms with Crippen LogP contribution in [0.1, 0.15) is 19.8 Å². The fourth-order valence-corrected chi connectivity index (χ4v) is 1.34. The maximum atomic E-state index is 13.0. The molecular weight excluding hydrogens is 281 g/mol. The fourth-order valence-electron chi connectivity index (χ4n) is 1.34. The molecule has 5 nitrogen and oxygen atoms in total. The molecule has 110 valence electrons. The Bertz CT molecular complexity index is 395. The number of carbonyl (C=O) groups excluding carboxylic acids is 1. The molecule has 1 rings (SSSR count). The van der Waals surface area contributed by atoms with Crippen LogP contribution >= 0.6 is 0 Å². The van der Waals surface area contributed by atoms with Crippen LogP contribution in [0, 0.1) is 0 Å². The Hall–Kier alpha value is -1.45. The van der Waals surface area contributed by atoms with Gasteiger partial charge >= 0.3 is 23.9 Å². The summed E-state index contributed by atoms with van der Waals surface area (Å²) in [5.41, 5.74) is -0.454. The first-order chi connectivity index (χ1) is 8.53. The average molecular weight is 291 g/mol. The van der Waals surface area contributed by atoms with E-state index in [-0.39, 0.29) is 6.61 Å². The van der Waals surface area contributed by atoms with E-state index < -0.39 is 42.4 Å². The highest BCUT2D eigenvalue weighted by Gasteiger charge is 2.74. The minimum absolute atomic E-state index is 0.00987. The van der Waals surface area contributed by atoms with Gasteiger partial charge in [-0.25, -0.2) is 0 Å². The van der Waals surface area contributed by atoms with Crippen LogP contribution in [0.2, 0.25) is 0 Å². The molecule has 1 aliphatic heterocycles. The lowest BCUT2D eigenvalue weighted by Crippen LogP contribution is -2.57. The van der Waals surface area contributed by atoms with Crippen LogP contribution in [0.5, 0.6) is 0 Å². The first-order valence-electron chi connectivity index (χ1n) is 5.10. The van der Waals surface area contributed by atoms with Crippen molar-refractivity contribution in [2.75, 3.05) is 6.61 Å². The molecule has 19 heavy (non-hydrogen) atoms. The Kier molecular flexibility index (Phi) is 4.03. The zero-order chi connectivity index (χ0) is 14.9. The van der Waals surface area contributed by atoms with Gasteiger partial charge < -0.3 is 14.7 Å². The van der Waals surface area contributed by atoms with Gasteiger partial charge in [0, 0.05) is 0 Å². The SMILES string of the molecule is CCOC(=O)CC1=NOC(O)(C(F)(F)C(F)(F)F)C1. The molecule has 0 saturated heterocycles. The maximum absolute atomic E-state index is 13.0. The van der Waals surface area contributed by atoms with Crippen molar-refractivity contribution < 1.29 is 41.4 Å². The molecule has 0 spiro atoms. The van der Waals surface area contributed by atoms with Crippen LogP contribution in [0.3, 0.4) is 0 Å². The Morgan fingerprint density at radius 2 is 2.05 bits per heavy atom. The monoisotopic (exact) mass is 291 g/mol. The Morgan fingerprint density at radius 1 is 1.47 bits per heavy atom. The van der Waals surface area contributed by atoms with Gasteiger partial charge in [-0.2, -0.15) is 22.0 Å². The van der Waals surface area contributed by atoms with E-state index >= 15 is 0 Å². The molecule has 1 unspecified atom stereocenters. The second kappa shape index (κ2) is 4.91. The van der Waals surface area contributed by atoms with E-state index in [0.29, 0.717) is 0 Å². The molecule has 0 aromatic heterocycles. The van der Waals surface area contributed by atoms with Crippen molar-refractivity contribution in [1.29, 1.82) is 0 Å². The van der Waals surface area contributed by atoms with Gasteiger partial charge in [0.25, 0.3) is 0 Å². The van der Waals surface area contributed by atoms with Crippen LogP contribution < -0.4 is 0 Å². The summed E-state index contributed by atoms with van der Waals surface area (Å²) in [7, 11) is 0. The topological polar surface area (TPSA) is 68.1 Å². The van der Waals surface area contributed by atoms with Crippen molar-refractivity contribution in [3.63, 3.8) is 0 Å². The summed E-state index contributed by atoms with van der Waals surface area (Å²) in [6, 6.07) is 0. The normalized spacial score (nSPS) is 23.8. The molecule has 0 fully saturated rings. The summed E-state index contributed by atoms with van der Waals surface area (Å²) in [5.74, 6) is -10.2. The number of halogens is 5. The quantitative estimate of drug-likeness (QED) is 0.631. The molecule has 0 saturated carbocycles. The molecule has 1 N–H and O–H groups in total. The zero-order valence-electron chi connectivity index (χ0n) is 9.63. The molecule has 1 heterocycles. The summed E-state index contributed by atoms with van der Waals surface area (Å²) < 4.78 is 66.8. The van der Waals surface area contributed by atoms with Crippen molar-refractivity contribution in [1.82, 2.24) is 0 Å². The number of ether oxygens (including phenoxy) is 1. The maximum Gasteiger partial charge on any atom is 0.460 e. The molecule has 0 aliphatic carbocycles. The smallest absolute Gasteiger partial charge is 0.460 e. The number of oxime groups is 1. The molecule has 0 aromatic carbocycles. The molecule has 1 atom stereocenters. The summed E-state index contributed by atoms with van der Waals surface area (Å²) in [4.78, 5) is 14.8. The standard InChI is InChI=1S/C9H10F5NO4/c1-2-18-6(16)3-5-4-7(17,19-15-5)8(10,11)9(12,13)14/h17H,2-4H2,1H3. The minimum atomic E-state index is -6.00. The Labute approximate surface area is 104 Å². The molecule has 0 radical (unpaired) electrons. The average Bonchev–Trinajstić information content (AvgIpc) is 2.60. The van der Waals surface area contributed by atoms with Gasteiger partial charge in [-0.05, 0) is 6.92 Å². The van der Waals surface area contributed by atoms with Crippen LogP contribution in [0.4, 0.5) is 22.0 Å². The first-order valence-corrected chi connectivity index (χ1v) is 5.10. The van der Waals surface area contributed by atoms with Crippen molar-refractivity contribution in [3.05, 3.63) is 0 Å². The zero-order valence-corrected chi connectivity index (χ0v) is 9.63. The Balaban J connectivity index is 2.74. The highest BCUT2D eigenvalue weighted by atomic mass is 19.4. The van der Waals surface area contributed by atoms with Gasteiger partial charge in [-0.15, -0.1) is 0 Å². The predicted molar refractivity (Wildman–Crippen MR) is 50.3 cm³/mol. The van der Waals surface area contributed by atoms with Gasteiger partial charge in [0.15, 0.2) is 0 Å². The number of aliphatic hydroxyl groups is 1. The largest absolute Gasteiger partial charge is 0.466 e. The number of nitrogens with zero attached hydrogens (tertiary/aromatic N) is 1. The minimum Gasteiger partial charge on any atom is -0.466 e. The predicted octanol–water partition coefficient (Wildman–Crippen LogP) is 1.60. The van der Waals surface area contributed by atoms with E-state index in [1.807, 2.05) is 0 Å². The summed E-state index contributed by atoms with van der Waals surface area (Å²) in [6.07, 6.45) is -7.88. The van der Waals surface area contributed by atoms with Crippen molar-refractivity contribution in [2.45, 2.75) is 37.7 Å². The van der Waals surface area contributed by atoms with E-state index in [0.717, 1.165) is 0 Å². The van der Waals surface area contributed by atoms with Crippen LogP contribution in [0.25, 0.3) is 0 Å². The highest BCUT2D eigenvalue weighted by molar-refractivity contribution is 5.99. The van der Waals surface area contributed by atoms with Crippen molar-refractivity contribution in [3.8, 4) is 0 Å². The lowest BCUT2D eigenvalue weighted by molar-refractivity contribution is -0.398. The number of esters is 1. The van der Waals surface area contributed by atoms with Crippen LogP contribution in [0.15, 0.2) is 5.16 Å². The van der Waals surface area contributed by atoms with E-state index in [2.05, 4.69) is 14.7 Å². The van der Waals surface area contributed by atoms with Gasteiger partial charge in [-0.1, -0.05) is 5.16 Å². The third-order valence-electron chi connectivity index (χ3n) is 2.27. The number of hydrogen-bond acceptors (Lipinski definition) is 5. The molecule has 0 bridgehead atoms. The molecule has 10 heteroatoms. The highest BCUT2D eigenvalue weighted by Crippen LogP contribution is 2.47. The van der Waals surface area contributed by atoms with Crippen molar-refractivity contribution in [2.24, 2.45) is 5.16 Å². The second-order valence-corrected chi connectivity index (χ2v) is 3.76. The van der Waals surface area contributed by atoms with Gasteiger partial charge in [0.2, 0.25) is 0 Å². The van der Waals surface area contributed by atoms with Gasteiger partial charge in [0.05, 0.1) is 25.2 Å². The number of alkyl halides is 5. The van der Waals surface area contributed by atoms with E-state index in [1.165, 1.54) is 6.92 Å². The van der Waals surface area contributed by atoms with E-state index in [4.69, 9.17) is 0 Å². The van der Waals surface area contributed by atoms with Gasteiger partial charge in [0.1, 0.15) is 0 Å². The first kappa shape index (κ1) is 15.6. The van der Waals surface area contributed by atoms with Gasteiger partial charge in [-0.3, -0.25) is 4.79 Å². The second-order valence-electron chi connectivity index (χ2n) is 3.76. The number of hydrogen-bond donors (Lipinski definition) is 1. The van der Waals surface area contributed by atoms with Crippen molar-refractivity contribution >= 4 is 11.7 Å². The Morgan fingerprint density at radius 3 is 2.53 bits per heavy atom. The molecule has 0 amide bonds. The number of rotatable bonds is 4. The third-order valence-corrected chi connectivity index (χ3v) is 2.27. The summed E-state index contributed by atoms with van der Waals surface area (Å²) >= 11 is 0. The third kappa shape index (κ3) is 2.94.